The molecule has 0 aliphatic carbocycles. The number of carbonyl (C=O) groups excluding carboxylic acids is 1. The number of amides is 2. The molecule has 2 amide bonds. The molecule has 1 heterocycles. The predicted molar refractivity (Wildman–Crippen MR) is 96.1 cm³/mol. The summed E-state index contributed by atoms with van der Waals surface area (Å²) in [5.41, 5.74) is 1.39. The number of ether oxygens (including phenoxy) is 1. The Hall–Kier alpha value is -1.50. The maximum Gasteiger partial charge on any atom is 0.319 e. The lowest BCUT2D eigenvalue weighted by molar-refractivity contribution is 0.102. The molecule has 1 saturated heterocycles. The van der Waals surface area contributed by atoms with E-state index in [1.54, 1.807) is 12.1 Å². The predicted octanol–water partition coefficient (Wildman–Crippen LogP) is 2.63. The number of β-amino-alcohol motifs (C(OH)–C–C–N with tert-alkyl or cyclic N) is 1. The number of nitrogens with zero attached hydrogens (tertiary/aromatic N) is 1. The summed E-state index contributed by atoms with van der Waals surface area (Å²) in [6, 6.07) is 3.04. The Bertz CT molecular complexity index is 562. The monoisotopic (exact) mass is 355 g/mol. The van der Waals surface area contributed by atoms with Gasteiger partial charge in [-0.2, -0.15) is 0 Å². The number of aliphatic hydroxyl groups is 1. The van der Waals surface area contributed by atoms with Crippen LogP contribution in [-0.2, 0) is 0 Å². The van der Waals surface area contributed by atoms with Gasteiger partial charge in [0.2, 0.25) is 0 Å². The Balaban J connectivity index is 1.81. The fraction of sp³-hybridized carbons (Fsp3) is 0.588. The number of piperidine rings is 1. The molecule has 0 bridgehead atoms. The number of aryl methyl sites for hydroxylation is 1. The van der Waals surface area contributed by atoms with Crippen LogP contribution in [0.5, 0.6) is 5.75 Å². The number of rotatable bonds is 6. The first-order valence-corrected chi connectivity index (χ1v) is 8.67. The van der Waals surface area contributed by atoms with E-state index in [2.05, 4.69) is 15.5 Å². The largest absolute Gasteiger partial charge is 0.495 e. The number of likely N-dealkylation sites (tertiary alicyclic amines) is 1. The highest BCUT2D eigenvalue weighted by atomic mass is 35.5. The molecule has 1 aromatic rings. The summed E-state index contributed by atoms with van der Waals surface area (Å²) in [7, 11) is 1.52. The van der Waals surface area contributed by atoms with E-state index in [1.807, 2.05) is 6.92 Å². The van der Waals surface area contributed by atoms with Crippen molar-refractivity contribution in [1.82, 2.24) is 10.2 Å². The van der Waals surface area contributed by atoms with Crippen LogP contribution in [0.25, 0.3) is 0 Å². The van der Waals surface area contributed by atoms with E-state index in [9.17, 15) is 9.90 Å². The van der Waals surface area contributed by atoms with Gasteiger partial charge in [0.05, 0.1) is 18.9 Å². The second-order valence-electron chi connectivity index (χ2n) is 6.15. The van der Waals surface area contributed by atoms with Gasteiger partial charge in [-0.3, -0.25) is 0 Å². The van der Waals surface area contributed by atoms with Crippen molar-refractivity contribution >= 4 is 23.3 Å². The molecule has 134 valence electrons. The third-order valence-corrected chi connectivity index (χ3v) is 4.55. The summed E-state index contributed by atoms with van der Waals surface area (Å²) in [5.74, 6) is 0.495. The van der Waals surface area contributed by atoms with Crippen molar-refractivity contribution < 1.29 is 14.6 Å². The number of benzene rings is 1. The number of aliphatic hydroxyl groups excluding tert-OH is 1. The first kappa shape index (κ1) is 18.8. The third kappa shape index (κ3) is 5.54. The zero-order valence-corrected chi connectivity index (χ0v) is 15.0. The molecule has 1 aliphatic heterocycles. The van der Waals surface area contributed by atoms with Gasteiger partial charge in [-0.25, -0.2) is 4.79 Å². The zero-order valence-electron chi connectivity index (χ0n) is 14.3. The van der Waals surface area contributed by atoms with Gasteiger partial charge in [0.25, 0.3) is 0 Å². The number of carbonyl (C=O) groups is 1. The fourth-order valence-electron chi connectivity index (χ4n) is 2.81. The smallest absolute Gasteiger partial charge is 0.319 e. The molecule has 0 aromatic heterocycles. The molecular formula is C17H26ClN3O3. The molecule has 1 fully saturated rings. The van der Waals surface area contributed by atoms with Crippen molar-refractivity contribution in [2.24, 2.45) is 0 Å². The summed E-state index contributed by atoms with van der Waals surface area (Å²) < 4.78 is 5.23. The number of halogens is 1. The highest BCUT2D eigenvalue weighted by molar-refractivity contribution is 6.31. The van der Waals surface area contributed by atoms with Crippen LogP contribution >= 0.6 is 11.6 Å². The normalized spacial score (nSPS) is 16.5. The summed E-state index contributed by atoms with van der Waals surface area (Å²) in [6.45, 7) is 4.68. The van der Waals surface area contributed by atoms with E-state index in [4.69, 9.17) is 16.3 Å². The van der Waals surface area contributed by atoms with Crippen LogP contribution in [0.3, 0.4) is 0 Å². The summed E-state index contributed by atoms with van der Waals surface area (Å²) in [6.07, 6.45) is 3.03. The number of hydrogen-bond acceptors (Lipinski definition) is 4. The van der Waals surface area contributed by atoms with Gasteiger partial charge in [0.15, 0.2) is 0 Å². The maximum atomic E-state index is 12.0. The number of methoxy groups -OCH3 is 1. The minimum atomic E-state index is -0.581. The standard InChI is InChI=1S/C17H26ClN3O3/c1-12-8-15(16(24-2)9-14(12)18)20-17(23)19-10-13(22)11-21-6-4-3-5-7-21/h8-9,13,22H,3-7,10-11H2,1-2H3,(H2,19,20,23)/t13-/m1/s1. The minimum absolute atomic E-state index is 0.206. The first-order chi connectivity index (χ1) is 11.5. The molecule has 7 heteroatoms. The van der Waals surface area contributed by atoms with Crippen molar-refractivity contribution in [3.8, 4) is 5.75 Å². The highest BCUT2D eigenvalue weighted by Crippen LogP contribution is 2.30. The molecular weight excluding hydrogens is 330 g/mol. The lowest BCUT2D eigenvalue weighted by Gasteiger charge is -2.28. The SMILES string of the molecule is COc1cc(Cl)c(C)cc1NC(=O)NC[C@@H](O)CN1CCCCC1. The number of urea groups is 1. The number of anilines is 1. The van der Waals surface area contributed by atoms with Crippen molar-refractivity contribution in [3.05, 3.63) is 22.7 Å². The highest BCUT2D eigenvalue weighted by Gasteiger charge is 2.16. The zero-order chi connectivity index (χ0) is 17.5. The lowest BCUT2D eigenvalue weighted by Crippen LogP contribution is -2.43. The second-order valence-corrected chi connectivity index (χ2v) is 6.56. The van der Waals surface area contributed by atoms with E-state index in [1.165, 1.54) is 26.4 Å². The molecule has 0 unspecified atom stereocenters. The molecule has 0 spiro atoms. The van der Waals surface area contributed by atoms with Crippen LogP contribution < -0.4 is 15.4 Å². The van der Waals surface area contributed by atoms with E-state index in [0.717, 1.165) is 18.7 Å². The number of nitrogens with one attached hydrogen (secondary N) is 2. The molecule has 3 N–H and O–H groups in total. The van der Waals surface area contributed by atoms with Gasteiger partial charge in [0.1, 0.15) is 5.75 Å². The van der Waals surface area contributed by atoms with Gasteiger partial charge < -0.3 is 25.4 Å². The summed E-state index contributed by atoms with van der Waals surface area (Å²) in [4.78, 5) is 14.3. The van der Waals surface area contributed by atoms with Crippen LogP contribution in [-0.4, -0.2) is 55.4 Å². The average molecular weight is 356 g/mol. The molecule has 0 radical (unpaired) electrons. The Labute approximate surface area is 148 Å². The second kappa shape index (κ2) is 9.11. The van der Waals surface area contributed by atoms with Gasteiger partial charge in [0, 0.05) is 24.2 Å². The first-order valence-electron chi connectivity index (χ1n) is 8.29. The summed E-state index contributed by atoms with van der Waals surface area (Å²) in [5, 5.41) is 16.1. The average Bonchev–Trinajstić information content (AvgIpc) is 2.57. The van der Waals surface area contributed by atoms with Crippen molar-refractivity contribution in [3.63, 3.8) is 0 Å². The van der Waals surface area contributed by atoms with Gasteiger partial charge in [-0.1, -0.05) is 18.0 Å². The molecule has 2 rings (SSSR count). The molecule has 1 aliphatic rings. The number of hydrogen-bond donors (Lipinski definition) is 3. The molecule has 0 saturated carbocycles. The topological polar surface area (TPSA) is 73.8 Å². The van der Waals surface area contributed by atoms with Crippen LogP contribution in [0.4, 0.5) is 10.5 Å². The Kier molecular flexibility index (Phi) is 7.15. The maximum absolute atomic E-state index is 12.0. The van der Waals surface area contributed by atoms with Crippen molar-refractivity contribution in [1.29, 1.82) is 0 Å². The van der Waals surface area contributed by atoms with Crippen LogP contribution in [0.15, 0.2) is 12.1 Å². The van der Waals surface area contributed by atoms with E-state index in [0.29, 0.717) is 23.0 Å². The third-order valence-electron chi connectivity index (χ3n) is 4.14. The molecule has 6 nitrogen and oxygen atoms in total. The van der Waals surface area contributed by atoms with E-state index in [-0.39, 0.29) is 12.6 Å². The Morgan fingerprint density at radius 2 is 2.08 bits per heavy atom. The lowest BCUT2D eigenvalue weighted by atomic mass is 10.1. The van der Waals surface area contributed by atoms with Gasteiger partial charge in [-0.15, -0.1) is 0 Å². The van der Waals surface area contributed by atoms with E-state index < -0.39 is 6.10 Å². The molecule has 1 atom stereocenters. The molecule has 1 aromatic carbocycles. The molecule has 24 heavy (non-hydrogen) atoms. The fourth-order valence-corrected chi connectivity index (χ4v) is 2.97. The minimum Gasteiger partial charge on any atom is -0.495 e. The summed E-state index contributed by atoms with van der Waals surface area (Å²) >= 11 is 6.05. The van der Waals surface area contributed by atoms with Gasteiger partial charge >= 0.3 is 6.03 Å². The van der Waals surface area contributed by atoms with E-state index >= 15 is 0 Å². The van der Waals surface area contributed by atoms with Gasteiger partial charge in [-0.05, 0) is 44.5 Å². The Morgan fingerprint density at radius 3 is 2.75 bits per heavy atom. The van der Waals surface area contributed by atoms with Crippen molar-refractivity contribution in [2.75, 3.05) is 38.6 Å². The van der Waals surface area contributed by atoms with Crippen molar-refractivity contribution in [2.45, 2.75) is 32.3 Å². The van der Waals surface area contributed by atoms with Crippen LogP contribution in [0.2, 0.25) is 5.02 Å². The van der Waals surface area contributed by atoms with Crippen LogP contribution in [0.1, 0.15) is 24.8 Å². The Morgan fingerprint density at radius 1 is 1.38 bits per heavy atom. The van der Waals surface area contributed by atoms with Crippen LogP contribution in [0, 0.1) is 6.92 Å². The quantitative estimate of drug-likeness (QED) is 0.733.